The maximum atomic E-state index is 12.4. The molecule has 3 rings (SSSR count). The number of carboxylic acids is 1. The highest BCUT2D eigenvalue weighted by Gasteiger charge is 2.73. The standard InChI is InChI=1S/C14H15NO4S/c1-4-6-5-7(13(18)19)12(20-6)15-10(16)8-9(11(15)17)14(8,2)3/h5,8-9H,4H2,1-3H3,(H,18,19). The Morgan fingerprint density at radius 1 is 1.35 bits per heavy atom. The Balaban J connectivity index is 2.03. The lowest BCUT2D eigenvalue weighted by molar-refractivity contribution is -0.125. The van der Waals surface area contributed by atoms with Gasteiger partial charge in [-0.25, -0.2) is 9.69 Å². The molecule has 0 aromatic carbocycles. The first-order valence-corrected chi connectivity index (χ1v) is 7.36. The average Bonchev–Trinajstić information content (AvgIpc) is 2.69. The summed E-state index contributed by atoms with van der Waals surface area (Å²) in [7, 11) is 0. The normalized spacial score (nSPS) is 26.9. The fourth-order valence-corrected chi connectivity index (χ4v) is 4.17. The first-order valence-electron chi connectivity index (χ1n) is 6.54. The van der Waals surface area contributed by atoms with E-state index < -0.39 is 5.97 Å². The third-order valence-corrected chi connectivity index (χ3v) is 5.61. The number of amides is 2. The van der Waals surface area contributed by atoms with E-state index in [0.29, 0.717) is 6.42 Å². The topological polar surface area (TPSA) is 74.7 Å². The summed E-state index contributed by atoms with van der Waals surface area (Å²) in [5, 5.41) is 9.52. The van der Waals surface area contributed by atoms with Crippen LogP contribution < -0.4 is 4.90 Å². The van der Waals surface area contributed by atoms with Crippen LogP contribution in [-0.4, -0.2) is 22.9 Å². The fourth-order valence-electron chi connectivity index (χ4n) is 3.07. The van der Waals surface area contributed by atoms with Gasteiger partial charge in [0.25, 0.3) is 0 Å². The molecule has 5 nitrogen and oxygen atoms in total. The Morgan fingerprint density at radius 2 is 1.90 bits per heavy atom. The molecule has 1 saturated carbocycles. The van der Waals surface area contributed by atoms with Crippen molar-refractivity contribution in [3.05, 3.63) is 16.5 Å². The molecule has 20 heavy (non-hydrogen) atoms. The van der Waals surface area contributed by atoms with Crippen molar-refractivity contribution in [3.63, 3.8) is 0 Å². The summed E-state index contributed by atoms with van der Waals surface area (Å²) in [5.41, 5.74) is -0.230. The van der Waals surface area contributed by atoms with Crippen LogP contribution in [0.25, 0.3) is 0 Å². The lowest BCUT2D eigenvalue weighted by Gasteiger charge is -2.19. The van der Waals surface area contributed by atoms with E-state index in [0.717, 1.165) is 9.78 Å². The zero-order valence-electron chi connectivity index (χ0n) is 11.5. The van der Waals surface area contributed by atoms with Gasteiger partial charge in [-0.3, -0.25) is 9.59 Å². The number of fused-ring (bicyclic) bond motifs is 1. The number of carbonyl (C=O) groups is 3. The van der Waals surface area contributed by atoms with Crippen LogP contribution in [0, 0.1) is 17.3 Å². The van der Waals surface area contributed by atoms with Crippen LogP contribution in [0.3, 0.4) is 0 Å². The van der Waals surface area contributed by atoms with Crippen molar-refractivity contribution in [1.29, 1.82) is 0 Å². The molecule has 2 amide bonds. The monoisotopic (exact) mass is 293 g/mol. The van der Waals surface area contributed by atoms with Crippen molar-refractivity contribution in [2.24, 2.45) is 17.3 Å². The highest BCUT2D eigenvalue weighted by atomic mass is 32.1. The average molecular weight is 293 g/mol. The van der Waals surface area contributed by atoms with Gasteiger partial charge < -0.3 is 5.11 Å². The van der Waals surface area contributed by atoms with Crippen LogP contribution in [0.5, 0.6) is 0 Å². The van der Waals surface area contributed by atoms with Gasteiger partial charge in [0.1, 0.15) is 5.00 Å². The van der Waals surface area contributed by atoms with Gasteiger partial charge in [-0.05, 0) is 17.9 Å². The van der Waals surface area contributed by atoms with Crippen LogP contribution in [0.4, 0.5) is 5.00 Å². The van der Waals surface area contributed by atoms with Gasteiger partial charge in [0, 0.05) is 4.88 Å². The Hall–Kier alpha value is -1.69. The molecular formula is C14H15NO4S. The Labute approximate surface area is 120 Å². The van der Waals surface area contributed by atoms with Crippen molar-refractivity contribution >= 4 is 34.1 Å². The number of hydrogen-bond acceptors (Lipinski definition) is 4. The van der Waals surface area contributed by atoms with Gasteiger partial charge in [0.2, 0.25) is 11.8 Å². The minimum Gasteiger partial charge on any atom is -0.478 e. The van der Waals surface area contributed by atoms with E-state index in [1.807, 2.05) is 20.8 Å². The fraction of sp³-hybridized carbons (Fsp3) is 0.500. The lowest BCUT2D eigenvalue weighted by atomic mass is 10.1. The van der Waals surface area contributed by atoms with E-state index in [1.165, 1.54) is 11.3 Å². The van der Waals surface area contributed by atoms with Gasteiger partial charge in [-0.15, -0.1) is 11.3 Å². The number of carbonyl (C=O) groups excluding carboxylic acids is 2. The molecule has 2 heterocycles. The summed E-state index contributed by atoms with van der Waals surface area (Å²) in [6, 6.07) is 1.55. The van der Waals surface area contributed by atoms with Crippen molar-refractivity contribution in [2.45, 2.75) is 27.2 Å². The van der Waals surface area contributed by atoms with Gasteiger partial charge in [-0.1, -0.05) is 20.8 Å². The molecule has 2 aliphatic rings. The zero-order chi connectivity index (χ0) is 14.8. The van der Waals surface area contributed by atoms with Crippen LogP contribution in [0.1, 0.15) is 36.0 Å². The summed E-state index contributed by atoms with van der Waals surface area (Å²) >= 11 is 1.22. The first kappa shape index (κ1) is 13.3. The molecule has 2 atom stereocenters. The first-order chi connectivity index (χ1) is 9.30. The van der Waals surface area contributed by atoms with E-state index in [1.54, 1.807) is 6.07 Å². The number of aryl methyl sites for hydroxylation is 1. The minimum atomic E-state index is -1.10. The quantitative estimate of drug-likeness (QED) is 0.867. The van der Waals surface area contributed by atoms with Gasteiger partial charge >= 0.3 is 5.97 Å². The number of thiophene rings is 1. The predicted octanol–water partition coefficient (Wildman–Crippen LogP) is 2.15. The molecule has 1 N–H and O–H groups in total. The van der Waals surface area contributed by atoms with E-state index in [4.69, 9.17) is 0 Å². The molecular weight excluding hydrogens is 278 g/mol. The molecule has 0 radical (unpaired) electrons. The summed E-state index contributed by atoms with van der Waals surface area (Å²) in [4.78, 5) is 38.0. The molecule has 2 fully saturated rings. The second kappa shape index (κ2) is 3.91. The van der Waals surface area contributed by atoms with E-state index in [9.17, 15) is 19.5 Å². The van der Waals surface area contributed by atoms with Crippen molar-refractivity contribution in [1.82, 2.24) is 0 Å². The molecule has 6 heteroatoms. The highest BCUT2D eigenvalue weighted by Crippen LogP contribution is 2.64. The third-order valence-electron chi connectivity index (χ3n) is 4.35. The summed E-state index contributed by atoms with van der Waals surface area (Å²) in [6.07, 6.45) is 0.680. The molecule has 1 aliphatic heterocycles. The number of imide groups is 1. The Bertz CT molecular complexity index is 622. The number of piperidine rings is 1. The van der Waals surface area contributed by atoms with Gasteiger partial charge in [-0.2, -0.15) is 0 Å². The highest BCUT2D eigenvalue weighted by molar-refractivity contribution is 7.17. The Morgan fingerprint density at radius 3 is 2.35 bits per heavy atom. The molecule has 1 aromatic rings. The summed E-state index contributed by atoms with van der Waals surface area (Å²) < 4.78 is 0. The number of carboxylic acid groups (broad SMARTS) is 1. The van der Waals surface area contributed by atoms with Crippen LogP contribution >= 0.6 is 11.3 Å². The maximum Gasteiger partial charge on any atom is 0.338 e. The number of hydrogen-bond donors (Lipinski definition) is 1. The molecule has 1 aromatic heterocycles. The third kappa shape index (κ3) is 1.51. The SMILES string of the molecule is CCc1cc(C(=O)O)c(N2C(=O)C3C(C2=O)C3(C)C)s1. The molecule has 106 valence electrons. The van der Waals surface area contributed by atoms with E-state index in [2.05, 4.69) is 0 Å². The molecule has 0 spiro atoms. The second-order valence-corrected chi connectivity index (χ2v) is 6.99. The zero-order valence-corrected chi connectivity index (χ0v) is 12.3. The van der Waals surface area contributed by atoms with Gasteiger partial charge in [0.15, 0.2) is 0 Å². The van der Waals surface area contributed by atoms with Gasteiger partial charge in [0.05, 0.1) is 17.4 Å². The Kier molecular flexibility index (Phi) is 2.60. The van der Waals surface area contributed by atoms with E-state index >= 15 is 0 Å². The minimum absolute atomic E-state index is 0.0488. The van der Waals surface area contributed by atoms with Crippen molar-refractivity contribution in [3.8, 4) is 0 Å². The number of anilines is 1. The van der Waals surface area contributed by atoms with E-state index in [-0.39, 0.29) is 39.6 Å². The number of nitrogens with zero attached hydrogens (tertiary/aromatic N) is 1. The van der Waals surface area contributed by atoms with Crippen molar-refractivity contribution in [2.75, 3.05) is 4.90 Å². The summed E-state index contributed by atoms with van der Waals surface area (Å²) in [5.74, 6) is -2.18. The molecule has 0 bridgehead atoms. The van der Waals surface area contributed by atoms with Crippen molar-refractivity contribution < 1.29 is 19.5 Å². The van der Waals surface area contributed by atoms with Crippen LogP contribution in [-0.2, 0) is 16.0 Å². The second-order valence-electron chi connectivity index (χ2n) is 5.88. The summed E-state index contributed by atoms with van der Waals surface area (Å²) in [6.45, 7) is 5.72. The number of rotatable bonds is 3. The molecule has 2 unspecified atom stereocenters. The number of aromatic carboxylic acids is 1. The lowest BCUT2D eigenvalue weighted by Crippen LogP contribution is -2.36. The molecule has 1 aliphatic carbocycles. The largest absolute Gasteiger partial charge is 0.478 e. The predicted molar refractivity (Wildman–Crippen MR) is 73.9 cm³/mol. The maximum absolute atomic E-state index is 12.4. The van der Waals surface area contributed by atoms with Crippen LogP contribution in [0.15, 0.2) is 6.07 Å². The van der Waals surface area contributed by atoms with Crippen LogP contribution in [0.2, 0.25) is 0 Å². The smallest absolute Gasteiger partial charge is 0.338 e. The molecule has 1 saturated heterocycles.